The van der Waals surface area contributed by atoms with Crippen molar-refractivity contribution in [1.82, 2.24) is 4.98 Å². The highest BCUT2D eigenvalue weighted by Crippen LogP contribution is 2.37. The highest BCUT2D eigenvalue weighted by molar-refractivity contribution is 6.08. The van der Waals surface area contributed by atoms with E-state index in [0.29, 0.717) is 22.4 Å². The van der Waals surface area contributed by atoms with Gasteiger partial charge < -0.3 is 20.2 Å². The molecule has 0 saturated carbocycles. The molecule has 1 atom stereocenters. The Bertz CT molecular complexity index is 1170. The smallest absolute Gasteiger partial charge is 0.191 e. The van der Waals surface area contributed by atoms with Crippen molar-refractivity contribution >= 4 is 16.7 Å². The summed E-state index contributed by atoms with van der Waals surface area (Å²) >= 11 is 0. The third kappa shape index (κ3) is 3.15. The highest BCUT2D eigenvalue weighted by Gasteiger charge is 2.40. The summed E-state index contributed by atoms with van der Waals surface area (Å²) < 4.78 is 10.7. The van der Waals surface area contributed by atoms with Crippen LogP contribution in [0.2, 0.25) is 0 Å². The average molecular weight is 386 g/mol. The summed E-state index contributed by atoms with van der Waals surface area (Å²) in [7, 11) is 3.21. The van der Waals surface area contributed by atoms with Crippen LogP contribution in [0.1, 0.15) is 21.5 Å². The number of hydrogen-bond acceptors (Lipinski definition) is 4. The number of nitrogens with one attached hydrogen (secondary N) is 1. The summed E-state index contributed by atoms with van der Waals surface area (Å²) in [6, 6.07) is 22.1. The fourth-order valence-electron chi connectivity index (χ4n) is 3.65. The molecule has 0 bridgehead atoms. The fourth-order valence-corrected chi connectivity index (χ4v) is 3.65. The minimum absolute atomic E-state index is 0.192. The highest BCUT2D eigenvalue weighted by atomic mass is 16.5. The second kappa shape index (κ2) is 7.45. The van der Waals surface area contributed by atoms with E-state index in [1.54, 1.807) is 32.5 Å². The topological polar surface area (TPSA) is 77.3 Å². The molecule has 5 heteroatoms. The first-order chi connectivity index (χ1) is 14.1. The number of ketones is 1. The van der Waals surface area contributed by atoms with Crippen molar-refractivity contribution in [2.75, 3.05) is 14.2 Å². The molecule has 1 unspecified atom stereocenters. The first-order valence-electron chi connectivity index (χ1n) is 9.26. The van der Waals surface area contributed by atoms with E-state index in [2.05, 4.69) is 4.98 Å². The second-order valence-electron chi connectivity index (χ2n) is 6.85. The number of Topliss-reactive ketones (excluding diaryl/α,β-unsaturated/α-hetero) is 1. The predicted octanol–water partition coefficient (Wildman–Crippen LogP) is 4.27. The molecule has 1 heterocycles. The van der Waals surface area contributed by atoms with Gasteiger partial charge in [0, 0.05) is 34.3 Å². The Morgan fingerprint density at radius 3 is 2.34 bits per heavy atom. The molecule has 0 amide bonds. The molecule has 1 aromatic heterocycles. The van der Waals surface area contributed by atoms with Crippen LogP contribution < -0.4 is 15.2 Å². The van der Waals surface area contributed by atoms with E-state index in [1.165, 1.54) is 0 Å². The Morgan fingerprint density at radius 1 is 0.897 bits per heavy atom. The lowest BCUT2D eigenvalue weighted by molar-refractivity contribution is 0.0915. The molecule has 0 fully saturated rings. The van der Waals surface area contributed by atoms with Gasteiger partial charge >= 0.3 is 0 Å². The molecule has 0 radical (unpaired) electrons. The van der Waals surface area contributed by atoms with Crippen molar-refractivity contribution < 1.29 is 14.3 Å². The van der Waals surface area contributed by atoms with E-state index in [1.807, 2.05) is 60.7 Å². The molecule has 29 heavy (non-hydrogen) atoms. The van der Waals surface area contributed by atoms with Gasteiger partial charge in [0.1, 0.15) is 17.0 Å². The number of methoxy groups -OCH3 is 2. The SMILES string of the molecule is COc1cccc(C(N)(C(=O)c2ccccc2)c2c[nH]c3cc(OC)ccc23)c1. The van der Waals surface area contributed by atoms with Gasteiger partial charge in [0.15, 0.2) is 5.78 Å². The van der Waals surface area contributed by atoms with E-state index in [4.69, 9.17) is 15.2 Å². The number of aromatic nitrogens is 1. The van der Waals surface area contributed by atoms with E-state index in [-0.39, 0.29) is 5.78 Å². The molecule has 3 N–H and O–H groups in total. The zero-order valence-electron chi connectivity index (χ0n) is 16.3. The molecule has 0 aliphatic carbocycles. The molecule has 0 aliphatic heterocycles. The Labute approximate surface area is 169 Å². The van der Waals surface area contributed by atoms with Crippen LogP contribution in [0.5, 0.6) is 11.5 Å². The standard InChI is InChI=1S/C24H22N2O3/c1-28-18-10-6-9-17(13-18)24(25,23(27)16-7-4-3-5-8-16)21-15-26-22-14-19(29-2)11-12-20(21)22/h3-15,26H,25H2,1-2H3. The van der Waals surface area contributed by atoms with Crippen LogP contribution in [0.4, 0.5) is 0 Å². The summed E-state index contributed by atoms with van der Waals surface area (Å²) in [4.78, 5) is 17.0. The predicted molar refractivity (Wildman–Crippen MR) is 114 cm³/mol. The van der Waals surface area contributed by atoms with Crippen LogP contribution in [0.15, 0.2) is 79.0 Å². The maximum atomic E-state index is 13.7. The van der Waals surface area contributed by atoms with Crippen molar-refractivity contribution in [3.63, 3.8) is 0 Å². The molecule has 4 rings (SSSR count). The van der Waals surface area contributed by atoms with Crippen LogP contribution in [0.3, 0.4) is 0 Å². The first-order valence-corrected chi connectivity index (χ1v) is 9.26. The quantitative estimate of drug-likeness (QED) is 0.485. The summed E-state index contributed by atoms with van der Waals surface area (Å²) in [5.74, 6) is 1.17. The zero-order valence-corrected chi connectivity index (χ0v) is 16.3. The number of carbonyl (C=O) groups excluding carboxylic acids is 1. The van der Waals surface area contributed by atoms with Crippen LogP contribution in [0, 0.1) is 0 Å². The molecule has 0 aliphatic rings. The first kappa shape index (κ1) is 18.8. The van der Waals surface area contributed by atoms with Crippen LogP contribution in [-0.4, -0.2) is 25.0 Å². The summed E-state index contributed by atoms with van der Waals surface area (Å²) in [6.07, 6.45) is 1.80. The molecule has 3 aromatic carbocycles. The molecular formula is C24H22N2O3. The minimum atomic E-state index is -1.40. The van der Waals surface area contributed by atoms with E-state index in [0.717, 1.165) is 16.7 Å². The van der Waals surface area contributed by atoms with Crippen LogP contribution in [0.25, 0.3) is 10.9 Å². The lowest BCUT2D eigenvalue weighted by Crippen LogP contribution is -2.46. The van der Waals surface area contributed by atoms with Gasteiger partial charge in [0.25, 0.3) is 0 Å². The van der Waals surface area contributed by atoms with E-state index < -0.39 is 5.54 Å². The molecule has 0 spiro atoms. The average Bonchev–Trinajstić information content (AvgIpc) is 3.22. The number of ether oxygens (including phenoxy) is 2. The lowest BCUT2D eigenvalue weighted by Gasteiger charge is -2.29. The van der Waals surface area contributed by atoms with Crippen LogP contribution in [-0.2, 0) is 5.54 Å². The number of nitrogens with two attached hydrogens (primary N) is 1. The maximum Gasteiger partial charge on any atom is 0.191 e. The number of aromatic amines is 1. The van der Waals surface area contributed by atoms with Crippen molar-refractivity contribution in [1.29, 1.82) is 0 Å². The van der Waals surface area contributed by atoms with Gasteiger partial charge in [0.2, 0.25) is 0 Å². The largest absolute Gasteiger partial charge is 0.497 e. The van der Waals surface area contributed by atoms with Gasteiger partial charge in [-0.3, -0.25) is 4.79 Å². The number of rotatable bonds is 6. The van der Waals surface area contributed by atoms with Gasteiger partial charge in [-0.05, 0) is 29.8 Å². The van der Waals surface area contributed by atoms with Gasteiger partial charge in [-0.2, -0.15) is 0 Å². The third-order valence-corrected chi connectivity index (χ3v) is 5.23. The maximum absolute atomic E-state index is 13.7. The second-order valence-corrected chi connectivity index (χ2v) is 6.85. The molecule has 4 aromatic rings. The third-order valence-electron chi connectivity index (χ3n) is 5.23. The van der Waals surface area contributed by atoms with E-state index >= 15 is 0 Å². The van der Waals surface area contributed by atoms with Crippen LogP contribution >= 0.6 is 0 Å². The number of H-pyrrole nitrogens is 1. The number of hydrogen-bond donors (Lipinski definition) is 2. The Hall–Kier alpha value is -3.57. The molecule has 146 valence electrons. The Morgan fingerprint density at radius 2 is 1.62 bits per heavy atom. The summed E-state index contributed by atoms with van der Waals surface area (Å²) in [6.45, 7) is 0. The number of benzene rings is 3. The summed E-state index contributed by atoms with van der Waals surface area (Å²) in [5.41, 5.74) is 8.30. The van der Waals surface area contributed by atoms with Gasteiger partial charge in [-0.1, -0.05) is 42.5 Å². The Balaban J connectivity index is 1.97. The van der Waals surface area contributed by atoms with Crippen molar-refractivity contribution in [2.24, 2.45) is 5.73 Å². The van der Waals surface area contributed by atoms with Crippen molar-refractivity contribution in [3.05, 3.63) is 95.7 Å². The van der Waals surface area contributed by atoms with Crippen molar-refractivity contribution in [2.45, 2.75) is 5.54 Å². The minimum Gasteiger partial charge on any atom is -0.497 e. The Kier molecular flexibility index (Phi) is 4.82. The van der Waals surface area contributed by atoms with Gasteiger partial charge in [0.05, 0.1) is 14.2 Å². The molecule has 5 nitrogen and oxygen atoms in total. The normalized spacial score (nSPS) is 13.1. The lowest BCUT2D eigenvalue weighted by atomic mass is 9.77. The van der Waals surface area contributed by atoms with E-state index in [9.17, 15) is 4.79 Å². The van der Waals surface area contributed by atoms with Gasteiger partial charge in [-0.15, -0.1) is 0 Å². The molecule has 0 saturated heterocycles. The van der Waals surface area contributed by atoms with Gasteiger partial charge in [-0.25, -0.2) is 0 Å². The molecular weight excluding hydrogens is 364 g/mol. The number of fused-ring (bicyclic) bond motifs is 1. The van der Waals surface area contributed by atoms with Crippen molar-refractivity contribution in [3.8, 4) is 11.5 Å². The monoisotopic (exact) mass is 386 g/mol. The summed E-state index contributed by atoms with van der Waals surface area (Å²) in [5, 5.41) is 0.861. The zero-order chi connectivity index (χ0) is 20.4. The number of carbonyl (C=O) groups is 1. The fraction of sp³-hybridized carbons (Fsp3) is 0.125.